The van der Waals surface area contributed by atoms with Crippen molar-refractivity contribution in [1.29, 1.82) is 0 Å². The van der Waals surface area contributed by atoms with Gasteiger partial charge in [0.05, 0.1) is 6.04 Å². The van der Waals surface area contributed by atoms with Gasteiger partial charge in [-0.2, -0.15) is 0 Å². The molecule has 0 aromatic heterocycles. The number of amides is 1. The maximum Gasteiger partial charge on any atom is 0.240 e. The van der Waals surface area contributed by atoms with E-state index < -0.39 is 0 Å². The zero-order valence-electron chi connectivity index (χ0n) is 10.9. The van der Waals surface area contributed by atoms with E-state index in [1.165, 1.54) is 12.8 Å². The standard InChI is InChI=1S/C13H26N2O/c1-4-6-9-15(11-7-8-11)13(16)12(14)10(3)5-2/h10-12H,4-9,14H2,1-3H3/t10?,12-/m0/s1. The fraction of sp³-hybridized carbons (Fsp3) is 0.923. The predicted molar refractivity (Wildman–Crippen MR) is 67.1 cm³/mol. The van der Waals surface area contributed by atoms with E-state index in [1.54, 1.807) is 0 Å². The first-order valence-corrected chi connectivity index (χ1v) is 6.67. The van der Waals surface area contributed by atoms with Crippen LogP contribution in [0.4, 0.5) is 0 Å². The average molecular weight is 226 g/mol. The molecule has 0 aliphatic heterocycles. The maximum atomic E-state index is 12.2. The monoisotopic (exact) mass is 226 g/mol. The summed E-state index contributed by atoms with van der Waals surface area (Å²) in [6.07, 6.45) is 5.54. The van der Waals surface area contributed by atoms with Gasteiger partial charge in [-0.15, -0.1) is 0 Å². The lowest BCUT2D eigenvalue weighted by atomic mass is 9.98. The Bertz CT molecular complexity index is 226. The Morgan fingerprint density at radius 2 is 2.06 bits per heavy atom. The molecule has 2 atom stereocenters. The molecule has 0 heterocycles. The molecule has 0 saturated heterocycles. The van der Waals surface area contributed by atoms with E-state index in [1.807, 2.05) is 4.90 Å². The van der Waals surface area contributed by atoms with Crippen molar-refractivity contribution in [3.05, 3.63) is 0 Å². The summed E-state index contributed by atoms with van der Waals surface area (Å²) in [5.41, 5.74) is 6.02. The summed E-state index contributed by atoms with van der Waals surface area (Å²) in [5, 5.41) is 0. The quantitative estimate of drug-likeness (QED) is 0.723. The lowest BCUT2D eigenvalue weighted by Gasteiger charge is -2.28. The van der Waals surface area contributed by atoms with Gasteiger partial charge >= 0.3 is 0 Å². The van der Waals surface area contributed by atoms with Gasteiger partial charge in [-0.05, 0) is 25.2 Å². The molecule has 1 fully saturated rings. The zero-order chi connectivity index (χ0) is 12.1. The molecule has 1 unspecified atom stereocenters. The van der Waals surface area contributed by atoms with E-state index in [2.05, 4.69) is 20.8 Å². The normalized spacial score (nSPS) is 19.2. The van der Waals surface area contributed by atoms with Gasteiger partial charge in [-0.1, -0.05) is 33.6 Å². The first-order chi connectivity index (χ1) is 7.61. The number of nitrogens with two attached hydrogens (primary N) is 1. The zero-order valence-corrected chi connectivity index (χ0v) is 10.9. The lowest BCUT2D eigenvalue weighted by Crippen LogP contribution is -2.48. The molecule has 1 aliphatic rings. The second-order valence-corrected chi connectivity index (χ2v) is 5.03. The average Bonchev–Trinajstić information content (AvgIpc) is 3.11. The molecule has 0 bridgehead atoms. The third-order valence-electron chi connectivity index (χ3n) is 3.57. The van der Waals surface area contributed by atoms with Gasteiger partial charge in [0.15, 0.2) is 0 Å². The molecule has 1 saturated carbocycles. The molecule has 3 nitrogen and oxygen atoms in total. The minimum Gasteiger partial charge on any atom is -0.338 e. The molecule has 1 rings (SSSR count). The molecule has 1 aliphatic carbocycles. The third kappa shape index (κ3) is 3.48. The molecule has 16 heavy (non-hydrogen) atoms. The Hall–Kier alpha value is -0.570. The van der Waals surface area contributed by atoms with Crippen molar-refractivity contribution >= 4 is 5.91 Å². The Labute approximate surface area is 99.4 Å². The van der Waals surface area contributed by atoms with Gasteiger partial charge in [-0.25, -0.2) is 0 Å². The van der Waals surface area contributed by atoms with Crippen molar-refractivity contribution in [1.82, 2.24) is 4.90 Å². The van der Waals surface area contributed by atoms with Crippen LogP contribution in [0, 0.1) is 5.92 Å². The maximum absolute atomic E-state index is 12.2. The first-order valence-electron chi connectivity index (χ1n) is 6.67. The molecular weight excluding hydrogens is 200 g/mol. The van der Waals surface area contributed by atoms with Crippen molar-refractivity contribution < 1.29 is 4.79 Å². The van der Waals surface area contributed by atoms with Crippen LogP contribution in [-0.2, 0) is 4.79 Å². The summed E-state index contributed by atoms with van der Waals surface area (Å²) >= 11 is 0. The van der Waals surface area contributed by atoms with E-state index in [9.17, 15) is 4.79 Å². The van der Waals surface area contributed by atoms with Crippen molar-refractivity contribution in [2.45, 2.75) is 65.0 Å². The molecule has 3 heteroatoms. The Kier molecular flexibility index (Phi) is 5.26. The van der Waals surface area contributed by atoms with E-state index in [4.69, 9.17) is 5.73 Å². The van der Waals surface area contributed by atoms with Crippen LogP contribution in [0.3, 0.4) is 0 Å². The van der Waals surface area contributed by atoms with E-state index in [0.29, 0.717) is 6.04 Å². The van der Waals surface area contributed by atoms with Crippen molar-refractivity contribution in [3.63, 3.8) is 0 Å². The van der Waals surface area contributed by atoms with Gasteiger partial charge in [0, 0.05) is 12.6 Å². The first kappa shape index (κ1) is 13.5. The third-order valence-corrected chi connectivity index (χ3v) is 3.57. The summed E-state index contributed by atoms with van der Waals surface area (Å²) < 4.78 is 0. The van der Waals surface area contributed by atoms with Crippen molar-refractivity contribution in [2.24, 2.45) is 11.7 Å². The highest BCUT2D eigenvalue weighted by Gasteiger charge is 2.35. The van der Waals surface area contributed by atoms with Crippen LogP contribution in [0.1, 0.15) is 52.9 Å². The lowest BCUT2D eigenvalue weighted by molar-refractivity contribution is -0.134. The molecule has 0 spiro atoms. The van der Waals surface area contributed by atoms with Crippen LogP contribution >= 0.6 is 0 Å². The van der Waals surface area contributed by atoms with E-state index in [0.717, 1.165) is 25.8 Å². The van der Waals surface area contributed by atoms with Crippen LogP contribution < -0.4 is 5.73 Å². The van der Waals surface area contributed by atoms with E-state index in [-0.39, 0.29) is 17.9 Å². The predicted octanol–water partition coefficient (Wildman–Crippen LogP) is 2.15. The topological polar surface area (TPSA) is 46.3 Å². The van der Waals surface area contributed by atoms with Gasteiger partial charge in [0.25, 0.3) is 0 Å². The number of carbonyl (C=O) groups is 1. The summed E-state index contributed by atoms with van der Waals surface area (Å²) in [6.45, 7) is 7.20. The van der Waals surface area contributed by atoms with Crippen LogP contribution in [0.25, 0.3) is 0 Å². The molecule has 2 N–H and O–H groups in total. The van der Waals surface area contributed by atoms with E-state index >= 15 is 0 Å². The largest absolute Gasteiger partial charge is 0.338 e. The summed E-state index contributed by atoms with van der Waals surface area (Å²) in [5.74, 6) is 0.459. The molecule has 0 radical (unpaired) electrons. The van der Waals surface area contributed by atoms with Crippen molar-refractivity contribution in [2.75, 3.05) is 6.54 Å². The Morgan fingerprint density at radius 1 is 1.44 bits per heavy atom. The van der Waals surface area contributed by atoms with Crippen LogP contribution in [0.2, 0.25) is 0 Å². The minimum absolute atomic E-state index is 0.172. The molecular formula is C13H26N2O. The Balaban J connectivity index is 2.52. The van der Waals surface area contributed by atoms with Gasteiger partial charge < -0.3 is 10.6 Å². The Morgan fingerprint density at radius 3 is 2.50 bits per heavy atom. The van der Waals surface area contributed by atoms with Crippen LogP contribution in [0.5, 0.6) is 0 Å². The molecule has 0 aromatic carbocycles. The van der Waals surface area contributed by atoms with Gasteiger partial charge in [-0.3, -0.25) is 4.79 Å². The number of hydrogen-bond acceptors (Lipinski definition) is 2. The summed E-state index contributed by atoms with van der Waals surface area (Å²) in [4.78, 5) is 14.3. The van der Waals surface area contributed by atoms with Crippen molar-refractivity contribution in [3.8, 4) is 0 Å². The second kappa shape index (κ2) is 6.24. The SMILES string of the molecule is CCCCN(C(=O)[C@@H](N)C(C)CC)C1CC1. The van der Waals surface area contributed by atoms with Crippen LogP contribution in [0.15, 0.2) is 0 Å². The minimum atomic E-state index is -0.303. The number of rotatable bonds is 7. The number of nitrogens with zero attached hydrogens (tertiary/aromatic N) is 1. The van der Waals surface area contributed by atoms with Gasteiger partial charge in [0.2, 0.25) is 5.91 Å². The molecule has 94 valence electrons. The number of hydrogen-bond donors (Lipinski definition) is 1. The fourth-order valence-corrected chi connectivity index (χ4v) is 1.88. The number of unbranched alkanes of at least 4 members (excludes halogenated alkanes) is 1. The van der Waals surface area contributed by atoms with Gasteiger partial charge in [0.1, 0.15) is 0 Å². The smallest absolute Gasteiger partial charge is 0.240 e. The highest BCUT2D eigenvalue weighted by atomic mass is 16.2. The molecule has 0 aromatic rings. The fourth-order valence-electron chi connectivity index (χ4n) is 1.88. The highest BCUT2D eigenvalue weighted by molar-refractivity contribution is 5.82. The molecule has 1 amide bonds. The second-order valence-electron chi connectivity index (χ2n) is 5.03. The summed E-state index contributed by atoms with van der Waals surface area (Å²) in [6, 6.07) is 0.191. The summed E-state index contributed by atoms with van der Waals surface area (Å²) in [7, 11) is 0. The number of carbonyl (C=O) groups excluding carboxylic acids is 1. The highest BCUT2D eigenvalue weighted by Crippen LogP contribution is 2.28. The van der Waals surface area contributed by atoms with Crippen LogP contribution in [-0.4, -0.2) is 29.4 Å².